The standard InChI is InChI=1S/K.H3O4P.H2.H/c;1-5(2,3)4;;/h;(H3,1,2,3,4);1H;/q+1;;;-1. The van der Waals surface area contributed by atoms with Crippen molar-refractivity contribution in [2.45, 2.75) is 0 Å². The first-order chi connectivity index (χ1) is 2.00. The first-order valence-corrected chi connectivity index (χ1v) is 2.35. The molecule has 0 spiro atoms. The van der Waals surface area contributed by atoms with Crippen molar-refractivity contribution in [1.29, 1.82) is 0 Å². The van der Waals surface area contributed by atoms with Crippen LogP contribution >= 0.6 is 7.82 Å². The van der Waals surface area contributed by atoms with Crippen LogP contribution in [0, 0.1) is 0 Å². The molecule has 0 saturated carbocycles. The fourth-order valence-corrected chi connectivity index (χ4v) is 0. The molecule has 0 rings (SSSR count). The number of phosphoric acid groups is 1. The predicted molar refractivity (Wildman–Crippen MR) is 17.5 cm³/mol. The van der Waals surface area contributed by atoms with Gasteiger partial charge >= 0.3 is 59.2 Å². The van der Waals surface area contributed by atoms with Gasteiger partial charge in [0.05, 0.1) is 0 Å². The molecule has 0 aromatic heterocycles. The largest absolute Gasteiger partial charge is 1.00 e. The summed E-state index contributed by atoms with van der Waals surface area (Å²) in [5, 5.41) is 0. The summed E-state index contributed by atoms with van der Waals surface area (Å²) in [5.41, 5.74) is 0. The fraction of sp³-hybridized carbons (Fsp3) is 0. The second-order valence-electron chi connectivity index (χ2n) is 0.513. The van der Waals surface area contributed by atoms with E-state index in [0.717, 1.165) is 0 Å². The van der Waals surface area contributed by atoms with Crippen LogP contribution in [0.15, 0.2) is 0 Å². The maximum absolute atomic E-state index is 8.88. The summed E-state index contributed by atoms with van der Waals surface area (Å²) in [6, 6.07) is 0. The van der Waals surface area contributed by atoms with E-state index in [0.29, 0.717) is 0 Å². The molecule has 0 bridgehead atoms. The summed E-state index contributed by atoms with van der Waals surface area (Å²) in [4.78, 5) is 21.6. The molecule has 0 atom stereocenters. The van der Waals surface area contributed by atoms with E-state index in [-0.39, 0.29) is 54.2 Å². The minimum atomic E-state index is -4.64. The van der Waals surface area contributed by atoms with Gasteiger partial charge in [0.25, 0.3) is 0 Å². The van der Waals surface area contributed by atoms with Crippen LogP contribution in [0.4, 0.5) is 0 Å². The molecular weight excluding hydrogens is 134 g/mol. The van der Waals surface area contributed by atoms with Crippen molar-refractivity contribution in [2.75, 3.05) is 0 Å². The normalized spacial score (nSPS) is 9.83. The van der Waals surface area contributed by atoms with E-state index in [4.69, 9.17) is 19.2 Å². The maximum atomic E-state index is 8.88. The molecule has 0 aliphatic heterocycles. The Morgan fingerprint density at radius 2 is 1.50 bits per heavy atom. The van der Waals surface area contributed by atoms with Crippen molar-refractivity contribution in [3.05, 3.63) is 0 Å². The SMILES string of the molecule is O=P(O)(O)O.[H-].[HH].[K+]. The third-order valence-electron chi connectivity index (χ3n) is 0. The zero-order chi connectivity index (χ0) is 4.50. The van der Waals surface area contributed by atoms with Gasteiger partial charge in [-0.05, 0) is 0 Å². The van der Waals surface area contributed by atoms with E-state index in [1.165, 1.54) is 0 Å². The zero-order valence-corrected chi connectivity index (χ0v) is 7.21. The van der Waals surface area contributed by atoms with Gasteiger partial charge in [0.1, 0.15) is 0 Å². The van der Waals surface area contributed by atoms with Gasteiger partial charge in [-0.2, -0.15) is 0 Å². The van der Waals surface area contributed by atoms with E-state index >= 15 is 0 Å². The molecule has 4 nitrogen and oxygen atoms in total. The fourth-order valence-electron chi connectivity index (χ4n) is 0. The number of rotatable bonds is 0. The van der Waals surface area contributed by atoms with Crippen molar-refractivity contribution < 1.29 is 73.5 Å². The average molecular weight is 140 g/mol. The molecule has 36 valence electrons. The number of hydrogen-bond donors (Lipinski definition) is 3. The van der Waals surface area contributed by atoms with Crippen LogP contribution in [0.25, 0.3) is 0 Å². The summed E-state index contributed by atoms with van der Waals surface area (Å²) < 4.78 is 8.88. The topological polar surface area (TPSA) is 77.8 Å². The van der Waals surface area contributed by atoms with Gasteiger partial charge in [-0.1, -0.05) is 0 Å². The van der Waals surface area contributed by atoms with Crippen LogP contribution in [0.3, 0.4) is 0 Å². The van der Waals surface area contributed by atoms with Crippen LogP contribution in [0.1, 0.15) is 2.85 Å². The van der Waals surface area contributed by atoms with Crippen molar-refractivity contribution in [3.8, 4) is 0 Å². The van der Waals surface area contributed by atoms with Crippen molar-refractivity contribution in [3.63, 3.8) is 0 Å². The van der Waals surface area contributed by atoms with Crippen LogP contribution in [-0.4, -0.2) is 14.7 Å². The Morgan fingerprint density at radius 3 is 1.50 bits per heavy atom. The third-order valence-corrected chi connectivity index (χ3v) is 0. The van der Waals surface area contributed by atoms with E-state index in [9.17, 15) is 0 Å². The van der Waals surface area contributed by atoms with E-state index in [2.05, 4.69) is 0 Å². The van der Waals surface area contributed by atoms with Crippen LogP contribution < -0.4 is 51.4 Å². The minimum Gasteiger partial charge on any atom is -1.00 e. The van der Waals surface area contributed by atoms with Crippen molar-refractivity contribution in [1.82, 2.24) is 0 Å². The molecule has 0 amide bonds. The summed E-state index contributed by atoms with van der Waals surface area (Å²) >= 11 is 0. The first-order valence-electron chi connectivity index (χ1n) is 0.783. The molecule has 0 aromatic carbocycles. The Balaban J connectivity index is -0.0000000267. The summed E-state index contributed by atoms with van der Waals surface area (Å²) in [6.45, 7) is 0. The van der Waals surface area contributed by atoms with E-state index < -0.39 is 7.82 Å². The van der Waals surface area contributed by atoms with Crippen LogP contribution in [0.5, 0.6) is 0 Å². The molecule has 0 radical (unpaired) electrons. The van der Waals surface area contributed by atoms with Crippen molar-refractivity contribution in [2.24, 2.45) is 0 Å². The third kappa shape index (κ3) is 42.4. The Hall–Kier alpha value is 1.75. The summed E-state index contributed by atoms with van der Waals surface area (Å²) in [6.07, 6.45) is 0. The molecule has 3 N–H and O–H groups in total. The molecular formula is H6KO4P. The smallest absolute Gasteiger partial charge is 1.00 e. The monoisotopic (exact) mass is 140 g/mol. The molecule has 0 aliphatic rings. The van der Waals surface area contributed by atoms with Gasteiger partial charge in [-0.25, -0.2) is 4.57 Å². The van der Waals surface area contributed by atoms with Crippen LogP contribution in [-0.2, 0) is 4.57 Å². The summed E-state index contributed by atoms with van der Waals surface area (Å²) in [7, 11) is -4.64. The zero-order valence-electron chi connectivity index (χ0n) is 4.20. The average Bonchev–Trinajstić information content (AvgIpc) is 0.722. The van der Waals surface area contributed by atoms with Gasteiger partial charge in [-0.15, -0.1) is 0 Å². The Bertz CT molecular complexity index is 60.2. The molecule has 0 unspecified atom stereocenters. The molecule has 0 saturated heterocycles. The maximum Gasteiger partial charge on any atom is 1.00 e. The molecule has 0 aliphatic carbocycles. The van der Waals surface area contributed by atoms with Gasteiger partial charge in [-0.3, -0.25) is 0 Å². The van der Waals surface area contributed by atoms with Gasteiger partial charge in [0, 0.05) is 1.43 Å². The molecule has 6 heavy (non-hydrogen) atoms. The molecule has 6 heteroatoms. The summed E-state index contributed by atoms with van der Waals surface area (Å²) in [5.74, 6) is 0. The molecule has 0 heterocycles. The molecule has 0 fully saturated rings. The quantitative estimate of drug-likeness (QED) is 0.240. The van der Waals surface area contributed by atoms with E-state index in [1.54, 1.807) is 0 Å². The van der Waals surface area contributed by atoms with E-state index in [1.807, 2.05) is 0 Å². The van der Waals surface area contributed by atoms with Crippen LogP contribution in [0.2, 0.25) is 0 Å². The second kappa shape index (κ2) is 3.71. The van der Waals surface area contributed by atoms with Crippen molar-refractivity contribution >= 4 is 7.82 Å². The van der Waals surface area contributed by atoms with Gasteiger partial charge < -0.3 is 16.1 Å². The molecule has 0 aromatic rings. The Labute approximate surface area is 80.2 Å². The minimum absolute atomic E-state index is 0. The Kier molecular flexibility index (Phi) is 6.61. The van der Waals surface area contributed by atoms with Gasteiger partial charge in [0.15, 0.2) is 0 Å². The van der Waals surface area contributed by atoms with Gasteiger partial charge in [0.2, 0.25) is 0 Å². The first kappa shape index (κ1) is 10.7. The second-order valence-corrected chi connectivity index (χ2v) is 1.54. The number of hydrogen-bond acceptors (Lipinski definition) is 1. The Morgan fingerprint density at radius 1 is 1.50 bits per heavy atom. The predicted octanol–water partition coefficient (Wildman–Crippen LogP) is -3.57.